The highest BCUT2D eigenvalue weighted by atomic mass is 79.9. The molecule has 1 N–H and O–H groups in total. The summed E-state index contributed by atoms with van der Waals surface area (Å²) in [4.78, 5) is 4.59. The fourth-order valence-corrected chi connectivity index (χ4v) is 3.48. The lowest BCUT2D eigenvalue weighted by molar-refractivity contribution is 0.609. The number of pyridine rings is 1. The molecule has 0 bridgehead atoms. The van der Waals surface area contributed by atoms with Crippen LogP contribution in [0.15, 0.2) is 39.4 Å². The van der Waals surface area contributed by atoms with E-state index in [-0.39, 0.29) is 6.04 Å². The molecule has 1 aromatic heterocycles. The van der Waals surface area contributed by atoms with Crippen molar-refractivity contribution in [3.63, 3.8) is 0 Å². The lowest BCUT2D eigenvalue weighted by Crippen LogP contribution is -2.24. The minimum atomic E-state index is 0.0994. The van der Waals surface area contributed by atoms with E-state index in [9.17, 15) is 0 Å². The van der Waals surface area contributed by atoms with Crippen LogP contribution in [0, 0.1) is 13.8 Å². The van der Waals surface area contributed by atoms with E-state index in [0.29, 0.717) is 0 Å². The van der Waals surface area contributed by atoms with E-state index in [0.717, 1.165) is 21.2 Å². The molecule has 2 nitrogen and oxygen atoms in total. The van der Waals surface area contributed by atoms with Crippen molar-refractivity contribution >= 4 is 31.9 Å². The summed E-state index contributed by atoms with van der Waals surface area (Å²) >= 11 is 7.08. The van der Waals surface area contributed by atoms with Gasteiger partial charge in [-0.15, -0.1) is 0 Å². The van der Waals surface area contributed by atoms with Gasteiger partial charge < -0.3 is 5.32 Å². The first-order valence-electron chi connectivity index (χ1n) is 6.64. The van der Waals surface area contributed by atoms with Crippen LogP contribution in [0.2, 0.25) is 0 Å². The summed E-state index contributed by atoms with van der Waals surface area (Å²) in [5.41, 5.74) is 4.84. The van der Waals surface area contributed by atoms with Crippen LogP contribution < -0.4 is 5.32 Å². The number of halogens is 2. The summed E-state index contributed by atoms with van der Waals surface area (Å²) in [6, 6.07) is 8.69. The lowest BCUT2D eigenvalue weighted by Gasteiger charge is -2.21. The van der Waals surface area contributed by atoms with Crippen molar-refractivity contribution in [2.45, 2.75) is 26.8 Å². The lowest BCUT2D eigenvalue weighted by atomic mass is 9.96. The molecule has 0 aliphatic carbocycles. The normalized spacial score (nSPS) is 12.4. The van der Waals surface area contributed by atoms with Gasteiger partial charge in [0.05, 0.1) is 11.7 Å². The van der Waals surface area contributed by atoms with Crippen LogP contribution >= 0.6 is 31.9 Å². The molecule has 0 saturated heterocycles. The zero-order valence-electron chi connectivity index (χ0n) is 11.9. The molecule has 0 aliphatic rings. The molecule has 1 heterocycles. The molecule has 0 amide bonds. The highest BCUT2D eigenvalue weighted by Gasteiger charge is 2.19. The molecule has 20 heavy (non-hydrogen) atoms. The Balaban J connectivity index is 2.53. The van der Waals surface area contributed by atoms with Crippen LogP contribution in [0.25, 0.3) is 0 Å². The summed E-state index contributed by atoms with van der Waals surface area (Å²) in [6.07, 6.45) is 1.84. The number of hydrogen-bond acceptors (Lipinski definition) is 2. The van der Waals surface area contributed by atoms with Crippen LogP contribution in [-0.2, 0) is 0 Å². The van der Waals surface area contributed by atoms with Gasteiger partial charge in [-0.2, -0.15) is 0 Å². The number of rotatable bonds is 4. The van der Waals surface area contributed by atoms with Crippen LogP contribution in [-0.4, -0.2) is 11.5 Å². The van der Waals surface area contributed by atoms with Gasteiger partial charge in [0.2, 0.25) is 0 Å². The highest BCUT2D eigenvalue weighted by molar-refractivity contribution is 9.11. The number of aryl methyl sites for hydroxylation is 2. The predicted octanol–water partition coefficient (Wildman–Crippen LogP) is 4.92. The van der Waals surface area contributed by atoms with Gasteiger partial charge in [-0.3, -0.25) is 4.98 Å². The first-order chi connectivity index (χ1) is 9.52. The van der Waals surface area contributed by atoms with Gasteiger partial charge >= 0.3 is 0 Å². The van der Waals surface area contributed by atoms with Gasteiger partial charge in [-0.1, -0.05) is 30.7 Å². The fraction of sp³-hybridized carbons (Fsp3) is 0.312. The van der Waals surface area contributed by atoms with E-state index >= 15 is 0 Å². The topological polar surface area (TPSA) is 24.9 Å². The standard InChI is InChI=1S/C16H18Br2N2/c1-4-19-15(13-7-10(2)5-6-11(13)3)16-14(18)8-12(17)9-20-16/h5-9,15,19H,4H2,1-3H3. The van der Waals surface area contributed by atoms with Crippen molar-refractivity contribution in [2.24, 2.45) is 0 Å². The molecule has 1 unspecified atom stereocenters. The second kappa shape index (κ2) is 6.83. The van der Waals surface area contributed by atoms with Gasteiger partial charge in [0, 0.05) is 15.1 Å². The van der Waals surface area contributed by atoms with Crippen molar-refractivity contribution in [3.8, 4) is 0 Å². The van der Waals surface area contributed by atoms with Gasteiger partial charge in [0.1, 0.15) is 0 Å². The predicted molar refractivity (Wildman–Crippen MR) is 91.1 cm³/mol. The Bertz CT molecular complexity index is 611. The Morgan fingerprint density at radius 1 is 1.20 bits per heavy atom. The molecule has 0 aliphatic heterocycles. The van der Waals surface area contributed by atoms with E-state index in [1.807, 2.05) is 12.3 Å². The van der Waals surface area contributed by atoms with E-state index < -0.39 is 0 Å². The van der Waals surface area contributed by atoms with Crippen molar-refractivity contribution < 1.29 is 0 Å². The molecule has 106 valence electrons. The SMILES string of the molecule is CCNC(c1cc(C)ccc1C)c1ncc(Br)cc1Br. The van der Waals surface area contributed by atoms with Crippen LogP contribution in [0.3, 0.4) is 0 Å². The minimum Gasteiger partial charge on any atom is -0.305 e. The maximum Gasteiger partial charge on any atom is 0.0765 e. The van der Waals surface area contributed by atoms with E-state index in [2.05, 4.69) is 81.1 Å². The zero-order chi connectivity index (χ0) is 14.7. The molecule has 1 atom stereocenters. The first kappa shape index (κ1) is 15.7. The molecule has 2 aromatic rings. The maximum atomic E-state index is 4.59. The summed E-state index contributed by atoms with van der Waals surface area (Å²) in [7, 11) is 0. The smallest absolute Gasteiger partial charge is 0.0765 e. The third-order valence-corrected chi connectivity index (χ3v) is 4.33. The van der Waals surface area contributed by atoms with Crippen LogP contribution in [0.4, 0.5) is 0 Å². The molecule has 0 radical (unpaired) electrons. The fourth-order valence-electron chi connectivity index (χ4n) is 2.27. The van der Waals surface area contributed by atoms with Gasteiger partial charge in [0.15, 0.2) is 0 Å². The van der Waals surface area contributed by atoms with Crippen molar-refractivity contribution in [1.29, 1.82) is 0 Å². The first-order valence-corrected chi connectivity index (χ1v) is 8.23. The molecule has 2 rings (SSSR count). The van der Waals surface area contributed by atoms with E-state index in [1.54, 1.807) is 0 Å². The van der Waals surface area contributed by atoms with Crippen molar-refractivity contribution in [1.82, 2.24) is 10.3 Å². The Kier molecular flexibility index (Phi) is 5.35. The minimum absolute atomic E-state index is 0.0994. The van der Waals surface area contributed by atoms with Crippen molar-refractivity contribution in [3.05, 3.63) is 61.8 Å². The number of nitrogens with zero attached hydrogens (tertiary/aromatic N) is 1. The summed E-state index contributed by atoms with van der Waals surface area (Å²) in [5, 5.41) is 3.54. The molecule has 1 aromatic carbocycles. The Morgan fingerprint density at radius 3 is 2.60 bits per heavy atom. The summed E-state index contributed by atoms with van der Waals surface area (Å²) in [5.74, 6) is 0. The van der Waals surface area contributed by atoms with Gasteiger partial charge in [-0.25, -0.2) is 0 Å². The number of benzene rings is 1. The van der Waals surface area contributed by atoms with Crippen LogP contribution in [0.1, 0.15) is 35.3 Å². The molecular weight excluding hydrogens is 380 g/mol. The third-order valence-electron chi connectivity index (χ3n) is 3.26. The molecule has 0 fully saturated rings. The third kappa shape index (κ3) is 3.48. The molecule has 0 spiro atoms. The number of aromatic nitrogens is 1. The largest absolute Gasteiger partial charge is 0.305 e. The number of nitrogens with one attached hydrogen (secondary N) is 1. The maximum absolute atomic E-state index is 4.59. The average Bonchev–Trinajstić information content (AvgIpc) is 2.40. The molecule has 0 saturated carbocycles. The van der Waals surface area contributed by atoms with Gasteiger partial charge in [-0.05, 0) is 69.4 Å². The second-order valence-electron chi connectivity index (χ2n) is 4.87. The van der Waals surface area contributed by atoms with Gasteiger partial charge in [0.25, 0.3) is 0 Å². The Morgan fingerprint density at radius 2 is 1.95 bits per heavy atom. The average molecular weight is 398 g/mol. The Labute approximate surface area is 137 Å². The van der Waals surface area contributed by atoms with Crippen molar-refractivity contribution in [2.75, 3.05) is 6.54 Å². The monoisotopic (exact) mass is 396 g/mol. The zero-order valence-corrected chi connectivity index (χ0v) is 15.0. The van der Waals surface area contributed by atoms with Crippen LogP contribution in [0.5, 0.6) is 0 Å². The quantitative estimate of drug-likeness (QED) is 0.791. The second-order valence-corrected chi connectivity index (χ2v) is 6.64. The van der Waals surface area contributed by atoms with E-state index in [4.69, 9.17) is 0 Å². The Hall–Kier alpha value is -0.710. The highest BCUT2D eigenvalue weighted by Crippen LogP contribution is 2.30. The molecular formula is C16H18Br2N2. The molecule has 4 heteroatoms. The summed E-state index contributed by atoms with van der Waals surface area (Å²) in [6.45, 7) is 7.27. The summed E-state index contributed by atoms with van der Waals surface area (Å²) < 4.78 is 1.99. The number of hydrogen-bond donors (Lipinski definition) is 1. The van der Waals surface area contributed by atoms with E-state index in [1.165, 1.54) is 16.7 Å².